The summed E-state index contributed by atoms with van der Waals surface area (Å²) in [6, 6.07) is 15.0. The zero-order chi connectivity index (χ0) is 14.4. The molecule has 0 saturated carbocycles. The molecule has 0 fully saturated rings. The van der Waals surface area contributed by atoms with Crippen LogP contribution < -0.4 is 15.8 Å². The number of hydrogen-bond donors (Lipinski definition) is 2. The van der Waals surface area contributed by atoms with Crippen molar-refractivity contribution in [3.05, 3.63) is 65.2 Å². The molecule has 0 radical (unpaired) electrons. The molecule has 0 atom stereocenters. The largest absolute Gasteiger partial charge is 0.489 e. The molecule has 2 aromatic rings. The average molecular weight is 270 g/mol. The highest BCUT2D eigenvalue weighted by atomic mass is 16.5. The molecule has 20 heavy (non-hydrogen) atoms. The highest BCUT2D eigenvalue weighted by molar-refractivity contribution is 5.94. The van der Waals surface area contributed by atoms with Gasteiger partial charge in [-0.05, 0) is 30.8 Å². The molecule has 0 unspecified atom stereocenters. The summed E-state index contributed by atoms with van der Waals surface area (Å²) in [5, 5.41) is 3.09. The lowest BCUT2D eigenvalue weighted by Crippen LogP contribution is -2.14. The van der Waals surface area contributed by atoms with E-state index in [9.17, 15) is 4.79 Å². The molecule has 2 rings (SSSR count). The second kappa shape index (κ2) is 6.73. The Bertz CT molecular complexity index is 579. The average Bonchev–Trinajstić information content (AvgIpc) is 2.47. The zero-order valence-electron chi connectivity index (χ0n) is 11.4. The van der Waals surface area contributed by atoms with Crippen molar-refractivity contribution in [3.8, 4) is 5.75 Å². The van der Waals surface area contributed by atoms with E-state index in [0.29, 0.717) is 12.2 Å². The van der Waals surface area contributed by atoms with Crippen LogP contribution in [0.2, 0.25) is 0 Å². The van der Waals surface area contributed by atoms with E-state index in [1.54, 1.807) is 12.1 Å². The maximum absolute atomic E-state index is 11.3. The summed E-state index contributed by atoms with van der Waals surface area (Å²) in [6.07, 6.45) is 0. The van der Waals surface area contributed by atoms with Crippen molar-refractivity contribution in [1.29, 1.82) is 0 Å². The standard InChI is InChI=1S/C16H18N2O2/c1-18-10-12-6-8-14(9-7-12)20-11-13-4-2-3-5-15(13)16(17)19/h2-9,18H,10-11H2,1H3,(H2,17,19). The van der Waals surface area contributed by atoms with E-state index in [4.69, 9.17) is 10.5 Å². The van der Waals surface area contributed by atoms with Gasteiger partial charge in [-0.15, -0.1) is 0 Å². The topological polar surface area (TPSA) is 64.3 Å². The van der Waals surface area contributed by atoms with Gasteiger partial charge in [-0.25, -0.2) is 0 Å². The second-order valence-corrected chi connectivity index (χ2v) is 4.48. The predicted molar refractivity (Wildman–Crippen MR) is 78.5 cm³/mol. The maximum atomic E-state index is 11.3. The van der Waals surface area contributed by atoms with E-state index in [1.807, 2.05) is 43.4 Å². The molecule has 0 aliphatic rings. The Labute approximate surface area is 118 Å². The number of carbonyl (C=O) groups is 1. The summed E-state index contributed by atoms with van der Waals surface area (Å²) >= 11 is 0. The van der Waals surface area contributed by atoms with Crippen LogP contribution in [0.5, 0.6) is 5.75 Å². The minimum Gasteiger partial charge on any atom is -0.489 e. The maximum Gasteiger partial charge on any atom is 0.249 e. The van der Waals surface area contributed by atoms with Gasteiger partial charge in [-0.2, -0.15) is 0 Å². The van der Waals surface area contributed by atoms with E-state index in [1.165, 1.54) is 5.56 Å². The lowest BCUT2D eigenvalue weighted by molar-refractivity contribution is 0.0998. The van der Waals surface area contributed by atoms with Crippen LogP contribution in [0.3, 0.4) is 0 Å². The summed E-state index contributed by atoms with van der Waals surface area (Å²) in [4.78, 5) is 11.3. The van der Waals surface area contributed by atoms with Crippen LogP contribution in [0.1, 0.15) is 21.5 Å². The molecule has 0 aliphatic heterocycles. The number of ether oxygens (including phenoxy) is 1. The molecular weight excluding hydrogens is 252 g/mol. The van der Waals surface area contributed by atoms with Crippen LogP contribution in [0, 0.1) is 0 Å². The molecule has 0 spiro atoms. The van der Waals surface area contributed by atoms with Crippen molar-refractivity contribution in [2.24, 2.45) is 5.73 Å². The van der Waals surface area contributed by atoms with Gasteiger partial charge in [0.2, 0.25) is 5.91 Å². The first-order valence-electron chi connectivity index (χ1n) is 6.44. The van der Waals surface area contributed by atoms with Crippen LogP contribution in [0.4, 0.5) is 0 Å². The highest BCUT2D eigenvalue weighted by Crippen LogP contribution is 2.16. The predicted octanol–water partition coefficient (Wildman–Crippen LogP) is 2.08. The highest BCUT2D eigenvalue weighted by Gasteiger charge is 2.07. The molecule has 0 heterocycles. The molecular formula is C16H18N2O2. The Hall–Kier alpha value is -2.33. The number of nitrogens with two attached hydrogens (primary N) is 1. The first kappa shape index (κ1) is 14.1. The van der Waals surface area contributed by atoms with E-state index >= 15 is 0 Å². The third-order valence-electron chi connectivity index (χ3n) is 2.98. The Morgan fingerprint density at radius 2 is 1.85 bits per heavy atom. The van der Waals surface area contributed by atoms with Gasteiger partial charge >= 0.3 is 0 Å². The minimum atomic E-state index is -0.437. The Balaban J connectivity index is 2.03. The minimum absolute atomic E-state index is 0.324. The van der Waals surface area contributed by atoms with E-state index in [0.717, 1.165) is 17.9 Å². The summed E-state index contributed by atoms with van der Waals surface area (Å²) < 4.78 is 5.69. The van der Waals surface area contributed by atoms with Crippen molar-refractivity contribution < 1.29 is 9.53 Å². The van der Waals surface area contributed by atoms with Gasteiger partial charge < -0.3 is 15.8 Å². The van der Waals surface area contributed by atoms with Crippen molar-refractivity contribution in [3.63, 3.8) is 0 Å². The Morgan fingerprint density at radius 3 is 2.50 bits per heavy atom. The van der Waals surface area contributed by atoms with Crippen molar-refractivity contribution in [2.45, 2.75) is 13.2 Å². The van der Waals surface area contributed by atoms with Gasteiger partial charge in [0.25, 0.3) is 0 Å². The second-order valence-electron chi connectivity index (χ2n) is 4.48. The van der Waals surface area contributed by atoms with Crippen LogP contribution in [-0.2, 0) is 13.2 Å². The third kappa shape index (κ3) is 3.59. The Kier molecular flexibility index (Phi) is 4.74. The number of amides is 1. The van der Waals surface area contributed by atoms with Crippen LogP contribution >= 0.6 is 0 Å². The van der Waals surface area contributed by atoms with Crippen LogP contribution in [0.15, 0.2) is 48.5 Å². The Morgan fingerprint density at radius 1 is 1.15 bits per heavy atom. The van der Waals surface area contributed by atoms with E-state index < -0.39 is 5.91 Å². The molecule has 0 aliphatic carbocycles. The van der Waals surface area contributed by atoms with Gasteiger partial charge in [-0.3, -0.25) is 4.79 Å². The summed E-state index contributed by atoms with van der Waals surface area (Å²) in [7, 11) is 1.91. The van der Waals surface area contributed by atoms with Gasteiger partial charge in [0.1, 0.15) is 12.4 Å². The quantitative estimate of drug-likeness (QED) is 0.844. The normalized spacial score (nSPS) is 10.2. The lowest BCUT2D eigenvalue weighted by atomic mass is 10.1. The lowest BCUT2D eigenvalue weighted by Gasteiger charge is -2.09. The van der Waals surface area contributed by atoms with Crippen molar-refractivity contribution >= 4 is 5.91 Å². The number of nitrogens with one attached hydrogen (secondary N) is 1. The fourth-order valence-electron chi connectivity index (χ4n) is 1.96. The number of carbonyl (C=O) groups excluding carboxylic acids is 1. The fraction of sp³-hybridized carbons (Fsp3) is 0.188. The van der Waals surface area contributed by atoms with Crippen molar-refractivity contribution in [1.82, 2.24) is 5.32 Å². The fourth-order valence-corrected chi connectivity index (χ4v) is 1.96. The van der Waals surface area contributed by atoms with Gasteiger partial charge in [0.15, 0.2) is 0 Å². The number of primary amides is 1. The number of hydrogen-bond acceptors (Lipinski definition) is 3. The van der Waals surface area contributed by atoms with E-state index in [-0.39, 0.29) is 0 Å². The molecule has 1 amide bonds. The molecule has 2 aromatic carbocycles. The number of rotatable bonds is 6. The smallest absolute Gasteiger partial charge is 0.249 e. The molecule has 4 nitrogen and oxygen atoms in total. The number of benzene rings is 2. The third-order valence-corrected chi connectivity index (χ3v) is 2.98. The van der Waals surface area contributed by atoms with E-state index in [2.05, 4.69) is 5.32 Å². The molecule has 0 bridgehead atoms. The molecule has 0 aromatic heterocycles. The zero-order valence-corrected chi connectivity index (χ0v) is 11.4. The van der Waals surface area contributed by atoms with Crippen molar-refractivity contribution in [2.75, 3.05) is 7.05 Å². The monoisotopic (exact) mass is 270 g/mol. The molecule has 3 N–H and O–H groups in total. The van der Waals surface area contributed by atoms with Gasteiger partial charge in [-0.1, -0.05) is 30.3 Å². The van der Waals surface area contributed by atoms with Gasteiger partial charge in [0.05, 0.1) is 0 Å². The van der Waals surface area contributed by atoms with Crippen LogP contribution in [0.25, 0.3) is 0 Å². The first-order valence-corrected chi connectivity index (χ1v) is 6.44. The molecule has 104 valence electrons. The van der Waals surface area contributed by atoms with Gasteiger partial charge in [0, 0.05) is 17.7 Å². The molecule has 4 heteroatoms. The SMILES string of the molecule is CNCc1ccc(OCc2ccccc2C(N)=O)cc1. The summed E-state index contributed by atoms with van der Waals surface area (Å²) in [6.45, 7) is 1.15. The summed E-state index contributed by atoms with van der Waals surface area (Å²) in [5.74, 6) is 0.331. The summed E-state index contributed by atoms with van der Waals surface area (Å²) in [5.41, 5.74) is 7.82. The molecule has 0 saturated heterocycles. The van der Waals surface area contributed by atoms with Crippen LogP contribution in [-0.4, -0.2) is 13.0 Å². The first-order chi connectivity index (χ1) is 9.70.